The van der Waals surface area contributed by atoms with Crippen LogP contribution in [0.25, 0.3) is 0 Å². The summed E-state index contributed by atoms with van der Waals surface area (Å²) in [4.78, 5) is 22.7. The highest BCUT2D eigenvalue weighted by Crippen LogP contribution is 2.54. The molecule has 2 aromatic carbocycles. The molecule has 2 fully saturated rings. The van der Waals surface area contributed by atoms with Crippen molar-refractivity contribution in [3.63, 3.8) is 0 Å². The third kappa shape index (κ3) is 26.5. The number of aliphatic carboxylic acids is 1. The Morgan fingerprint density at radius 3 is 0.990 bits per heavy atom. The first kappa shape index (κ1) is 94.6. The number of hydrogen-bond donors (Lipinski definition) is 1. The number of methoxy groups -OCH3 is 1. The van der Waals surface area contributed by atoms with Gasteiger partial charge >= 0.3 is 11.9 Å². The van der Waals surface area contributed by atoms with Gasteiger partial charge in [0.15, 0.2) is 0 Å². The quantitative estimate of drug-likeness (QED) is 0.0303. The molecule has 0 amide bonds. The Morgan fingerprint density at radius 1 is 0.424 bits per heavy atom. The standard InChI is InChI=1S/C43H78O4Si2.C42H76O4Si2.2CH4/c1-31(2)48(32(3)4,33(5)6)46-39(27-26-38-22-18-17-19-23-38)28-29-40-37(13)30-42(47-49(34(7)8,35(9)10)36(11)12)41(40)24-20-15-16-21-25-43(44)45-14;1-30(2)47(31(3)4,32(5)6)45-38(26-25-37-21-17-16-18-22-37)27-28-39-36(13)29-41(40(39)23-19-14-15-20-24-42(43)44)46-48(33(7)8,34(9)10)35(11)12;;/h15,17-20,22-23,31-37,39-42H,16,21,24-30H2,1-14H3;14,16-19,21-22,30-36,38-41H,15,20,23-29H2,1-13H3,(H,43,44);2*1H4/b20-15-;19-14-;;/t37-,39+,40+,41-,42+;36-,38+,39+,40-,41+;;/m11../s1. The monoisotopic (exact) mass is 1450 g/mol. The molecule has 0 radical (unpaired) electrons. The van der Waals surface area contributed by atoms with Crippen molar-refractivity contribution >= 4 is 45.2 Å². The van der Waals surface area contributed by atoms with E-state index in [-0.39, 0.29) is 45.6 Å². The van der Waals surface area contributed by atoms with Crippen LogP contribution >= 0.6 is 0 Å². The first-order chi connectivity index (χ1) is 45.5. The number of unbranched alkanes of at least 4 members (excludes halogenated alkanes) is 2. The van der Waals surface area contributed by atoms with Crippen LogP contribution in [-0.2, 0) is 44.9 Å². The SMILES string of the molecule is C.C.CC(C)[Si](O[C@@H](CCc1ccccc1)CC[C@@H]1[C@@H](C/C=C\CCCC(=O)O)[C@@H](O[Si](C(C)C)(C(C)C)C(C)C)C[C@H]1C)(C(C)C)C(C)C.COC(=O)CCC/C=C\C[C@@H]1[C@@H](CC[C@H](CCc2ccccc2)O[Si](C(C)C)(C(C)C)C(C)C)[C@H](C)C[C@@H]1O[Si](C(C)C)(C(C)C)C(C)C. The van der Waals surface area contributed by atoms with Crippen molar-refractivity contribution in [3.8, 4) is 0 Å². The van der Waals surface area contributed by atoms with Gasteiger partial charge in [-0.1, -0.05) is 280 Å². The van der Waals surface area contributed by atoms with Gasteiger partial charge in [0, 0.05) is 37.3 Å². The van der Waals surface area contributed by atoms with Gasteiger partial charge in [-0.15, -0.1) is 0 Å². The summed E-state index contributed by atoms with van der Waals surface area (Å²) >= 11 is 0. The number of carbonyl (C=O) groups is 2. The lowest BCUT2D eigenvalue weighted by Gasteiger charge is -2.45. The summed E-state index contributed by atoms with van der Waals surface area (Å²) in [5.74, 6) is 2.60. The predicted molar refractivity (Wildman–Crippen MR) is 442 cm³/mol. The molecular weight excluding hydrogens is 1290 g/mol. The molecular formula is C87H162O8Si4. The lowest BCUT2D eigenvalue weighted by molar-refractivity contribution is -0.140. The van der Waals surface area contributed by atoms with Gasteiger partial charge in [0.1, 0.15) is 0 Å². The zero-order valence-corrected chi connectivity index (χ0v) is 71.8. The third-order valence-electron chi connectivity index (χ3n) is 24.7. The van der Waals surface area contributed by atoms with Crippen molar-refractivity contribution in [1.29, 1.82) is 0 Å². The maximum atomic E-state index is 11.7. The van der Waals surface area contributed by atoms with E-state index in [0.29, 0.717) is 121 Å². The Balaban J connectivity index is 0.000000971. The van der Waals surface area contributed by atoms with Crippen LogP contribution in [0.2, 0.25) is 66.5 Å². The van der Waals surface area contributed by atoms with Crippen molar-refractivity contribution in [2.45, 2.75) is 401 Å². The molecule has 0 aromatic heterocycles. The number of esters is 1. The maximum absolute atomic E-state index is 11.7. The summed E-state index contributed by atoms with van der Waals surface area (Å²) in [7, 11) is -6.66. The topological polar surface area (TPSA) is 101 Å². The largest absolute Gasteiger partial charge is 0.481 e. The van der Waals surface area contributed by atoms with Crippen molar-refractivity contribution in [2.24, 2.45) is 35.5 Å². The molecule has 574 valence electrons. The number of hydrogen-bond acceptors (Lipinski definition) is 7. The van der Waals surface area contributed by atoms with E-state index < -0.39 is 39.2 Å². The van der Waals surface area contributed by atoms with Crippen LogP contribution < -0.4 is 0 Å². The fourth-order valence-corrected chi connectivity index (χ4v) is 42.8. The number of allylic oxidation sites excluding steroid dienone is 4. The van der Waals surface area contributed by atoms with Crippen LogP contribution in [0.4, 0.5) is 0 Å². The van der Waals surface area contributed by atoms with Gasteiger partial charge in [0.05, 0.1) is 7.11 Å². The molecule has 2 aromatic rings. The molecule has 2 aliphatic carbocycles. The number of ether oxygens (including phenoxy) is 1. The summed E-state index contributed by atoms with van der Waals surface area (Å²) in [5.41, 5.74) is 9.69. The molecule has 0 heterocycles. The van der Waals surface area contributed by atoms with Gasteiger partial charge in [0.25, 0.3) is 0 Å². The van der Waals surface area contributed by atoms with E-state index in [4.69, 9.17) is 27.5 Å². The Bertz CT molecular complexity index is 2430. The Kier molecular flexibility index (Phi) is 43.8. The fourth-order valence-electron chi connectivity index (χ4n) is 20.3. The average Bonchev–Trinajstić information content (AvgIpc) is 1.66. The summed E-state index contributed by atoms with van der Waals surface area (Å²) in [5, 5.41) is 9.11. The third-order valence-corrected chi connectivity index (χ3v) is 49.3. The molecule has 0 spiro atoms. The first-order valence-electron chi connectivity index (χ1n) is 39.9. The van der Waals surface area contributed by atoms with E-state index in [2.05, 4.69) is 265 Å². The number of carboxylic acids is 1. The van der Waals surface area contributed by atoms with Crippen molar-refractivity contribution in [2.75, 3.05) is 7.11 Å². The Hall–Kier alpha value is -2.43. The average molecular weight is 1450 g/mol. The number of carboxylic acid groups (broad SMARTS) is 1. The molecule has 8 nitrogen and oxygen atoms in total. The minimum atomic E-state index is -2.04. The van der Waals surface area contributed by atoms with Crippen LogP contribution in [0.15, 0.2) is 85.0 Å². The second-order valence-corrected chi connectivity index (χ2v) is 56.1. The second-order valence-electron chi connectivity index (χ2n) is 34.5. The summed E-state index contributed by atoms with van der Waals surface area (Å²) in [6.45, 7) is 62.9. The van der Waals surface area contributed by atoms with Gasteiger partial charge in [0.2, 0.25) is 33.3 Å². The molecule has 0 unspecified atom stereocenters. The van der Waals surface area contributed by atoms with Crippen molar-refractivity contribution in [3.05, 3.63) is 96.1 Å². The number of benzene rings is 2. The Labute approximate surface area is 618 Å². The highest BCUT2D eigenvalue weighted by molar-refractivity contribution is 6.79. The number of rotatable bonds is 44. The smallest absolute Gasteiger partial charge is 0.305 e. The molecule has 0 saturated heterocycles. The highest BCUT2D eigenvalue weighted by Gasteiger charge is 2.54. The summed E-state index contributed by atoms with van der Waals surface area (Å²) in [6, 6.07) is 22.0. The van der Waals surface area contributed by atoms with E-state index in [0.717, 1.165) is 83.5 Å². The first-order valence-corrected chi connectivity index (χ1v) is 48.5. The van der Waals surface area contributed by atoms with Gasteiger partial charge < -0.3 is 27.5 Å². The van der Waals surface area contributed by atoms with Crippen LogP contribution in [0.3, 0.4) is 0 Å². The molecule has 10 atom stereocenters. The molecule has 0 bridgehead atoms. The second kappa shape index (κ2) is 45.8. The molecule has 99 heavy (non-hydrogen) atoms. The van der Waals surface area contributed by atoms with Gasteiger partial charge in [-0.2, -0.15) is 0 Å². The van der Waals surface area contributed by atoms with E-state index >= 15 is 0 Å². The van der Waals surface area contributed by atoms with Crippen molar-refractivity contribution < 1.29 is 37.1 Å². The zero-order valence-electron chi connectivity index (χ0n) is 67.8. The lowest BCUT2D eigenvalue weighted by Crippen LogP contribution is -2.51. The van der Waals surface area contributed by atoms with E-state index in [1.54, 1.807) is 0 Å². The van der Waals surface area contributed by atoms with E-state index in [1.165, 1.54) is 31.1 Å². The lowest BCUT2D eigenvalue weighted by atomic mass is 9.83. The molecule has 12 heteroatoms. The van der Waals surface area contributed by atoms with Crippen LogP contribution in [0.5, 0.6) is 0 Å². The normalized spacial score (nSPS) is 21.1. The molecule has 0 aliphatic heterocycles. The van der Waals surface area contributed by atoms with Crippen LogP contribution in [-0.4, -0.2) is 81.8 Å². The highest BCUT2D eigenvalue weighted by atomic mass is 28.4. The van der Waals surface area contributed by atoms with E-state index in [1.807, 2.05) is 0 Å². The maximum Gasteiger partial charge on any atom is 0.305 e. The fraction of sp³-hybridized carbons (Fsp3) is 0.793. The molecule has 4 rings (SSSR count). The molecule has 1 N–H and O–H groups in total. The van der Waals surface area contributed by atoms with Crippen molar-refractivity contribution in [1.82, 2.24) is 0 Å². The van der Waals surface area contributed by atoms with Gasteiger partial charge in [-0.05, 0) is 216 Å². The number of aryl methyl sites for hydroxylation is 2. The molecule has 2 saturated carbocycles. The minimum absolute atomic E-state index is 0. The van der Waals surface area contributed by atoms with Crippen LogP contribution in [0.1, 0.15) is 309 Å². The summed E-state index contributed by atoms with van der Waals surface area (Å²) < 4.78 is 35.2. The zero-order chi connectivity index (χ0) is 73.2. The molecule has 2 aliphatic rings. The summed E-state index contributed by atoms with van der Waals surface area (Å²) in [6.07, 6.45) is 27.7. The Morgan fingerprint density at radius 2 is 0.717 bits per heavy atom. The minimum Gasteiger partial charge on any atom is -0.481 e. The number of carbonyl (C=O) groups excluding carboxylic acids is 1. The van der Waals surface area contributed by atoms with E-state index in [9.17, 15) is 9.59 Å². The predicted octanol–water partition coefficient (Wildman–Crippen LogP) is 27.3. The van der Waals surface area contributed by atoms with Crippen LogP contribution in [0, 0.1) is 35.5 Å². The van der Waals surface area contributed by atoms with Gasteiger partial charge in [-0.25, -0.2) is 0 Å². The van der Waals surface area contributed by atoms with Gasteiger partial charge in [-0.3, -0.25) is 9.59 Å².